The van der Waals surface area contributed by atoms with E-state index in [9.17, 15) is 18.8 Å². The minimum Gasteiger partial charge on any atom is -0.341 e. The van der Waals surface area contributed by atoms with Crippen molar-refractivity contribution >= 4 is 17.8 Å². The fraction of sp³-hybridized carbons (Fsp3) is 0.571. The van der Waals surface area contributed by atoms with Crippen LogP contribution in [0.3, 0.4) is 0 Å². The van der Waals surface area contributed by atoms with E-state index < -0.39 is 23.3 Å². The second-order valence-corrected chi connectivity index (χ2v) is 7.90. The van der Waals surface area contributed by atoms with Crippen molar-refractivity contribution < 1.29 is 18.8 Å². The molecule has 2 fully saturated rings. The Balaban J connectivity index is 1.80. The normalized spacial score (nSPS) is 23.2. The summed E-state index contributed by atoms with van der Waals surface area (Å²) in [5.74, 6) is -0.462. The molecule has 28 heavy (non-hydrogen) atoms. The lowest BCUT2D eigenvalue weighted by molar-refractivity contribution is -0.140. The molecule has 1 atom stereocenters. The van der Waals surface area contributed by atoms with Gasteiger partial charge in [-0.1, -0.05) is 38.8 Å². The summed E-state index contributed by atoms with van der Waals surface area (Å²) in [6, 6.07) is 5.06. The van der Waals surface area contributed by atoms with E-state index in [0.29, 0.717) is 31.0 Å². The number of imide groups is 1. The van der Waals surface area contributed by atoms with Crippen molar-refractivity contribution in [3.8, 4) is 0 Å². The summed E-state index contributed by atoms with van der Waals surface area (Å²) >= 11 is 0. The van der Waals surface area contributed by atoms with Crippen LogP contribution < -0.4 is 5.32 Å². The lowest BCUT2D eigenvalue weighted by Gasteiger charge is -2.31. The Hall–Kier alpha value is -2.44. The number of piperidine rings is 1. The summed E-state index contributed by atoms with van der Waals surface area (Å²) in [7, 11) is 0. The number of nitrogens with one attached hydrogen (secondary N) is 1. The molecule has 1 aromatic carbocycles. The Morgan fingerprint density at radius 1 is 1.21 bits per heavy atom. The second-order valence-electron chi connectivity index (χ2n) is 7.90. The molecule has 0 saturated carbocycles. The summed E-state index contributed by atoms with van der Waals surface area (Å²) in [4.78, 5) is 41.3. The van der Waals surface area contributed by atoms with Crippen molar-refractivity contribution in [1.82, 2.24) is 15.1 Å². The van der Waals surface area contributed by atoms with Gasteiger partial charge in [0.15, 0.2) is 0 Å². The van der Waals surface area contributed by atoms with Gasteiger partial charge < -0.3 is 10.2 Å². The molecule has 2 heterocycles. The van der Waals surface area contributed by atoms with E-state index in [-0.39, 0.29) is 12.5 Å². The average Bonchev–Trinajstić information content (AvgIpc) is 2.92. The van der Waals surface area contributed by atoms with Gasteiger partial charge in [-0.25, -0.2) is 9.18 Å². The van der Waals surface area contributed by atoms with E-state index in [2.05, 4.69) is 12.2 Å². The van der Waals surface area contributed by atoms with Gasteiger partial charge in [-0.15, -0.1) is 0 Å². The van der Waals surface area contributed by atoms with Gasteiger partial charge in [0.05, 0.1) is 0 Å². The standard InChI is InChI=1S/C21H28FN3O3/c1-3-4-11-21(16-5-7-17(22)8-6-16)19(27)25(20(28)23-21)14-18(26)24-12-9-15(2)10-13-24/h5-8,15H,3-4,9-14H2,1-2H3,(H,23,28). The van der Waals surface area contributed by atoms with Gasteiger partial charge in [-0.2, -0.15) is 0 Å². The van der Waals surface area contributed by atoms with Crippen LogP contribution in [0.1, 0.15) is 51.5 Å². The molecule has 7 heteroatoms. The number of nitrogens with zero attached hydrogens (tertiary/aromatic N) is 2. The fourth-order valence-corrected chi connectivity index (χ4v) is 3.95. The zero-order valence-corrected chi connectivity index (χ0v) is 16.5. The van der Waals surface area contributed by atoms with Gasteiger partial charge in [0.1, 0.15) is 17.9 Å². The lowest BCUT2D eigenvalue weighted by atomic mass is 9.85. The SMILES string of the molecule is CCCCC1(c2ccc(F)cc2)NC(=O)N(CC(=O)N2CCC(C)CC2)C1=O. The Morgan fingerprint density at radius 3 is 2.46 bits per heavy atom. The number of unbranched alkanes of at least 4 members (excludes halogenated alkanes) is 1. The molecule has 0 radical (unpaired) electrons. The molecule has 2 aliphatic heterocycles. The predicted octanol–water partition coefficient (Wildman–Crippen LogP) is 3.02. The molecule has 0 bridgehead atoms. The maximum absolute atomic E-state index is 13.4. The highest BCUT2D eigenvalue weighted by atomic mass is 19.1. The van der Waals surface area contributed by atoms with Crippen LogP contribution in [0.4, 0.5) is 9.18 Å². The maximum atomic E-state index is 13.4. The van der Waals surface area contributed by atoms with Crippen LogP contribution in [0.5, 0.6) is 0 Å². The minimum absolute atomic E-state index is 0.208. The Kier molecular flexibility index (Phi) is 6.01. The third-order valence-electron chi connectivity index (χ3n) is 5.85. The van der Waals surface area contributed by atoms with Crippen LogP contribution in [-0.2, 0) is 15.1 Å². The van der Waals surface area contributed by atoms with E-state index in [1.54, 1.807) is 4.90 Å². The maximum Gasteiger partial charge on any atom is 0.325 e. The first-order chi connectivity index (χ1) is 13.4. The van der Waals surface area contributed by atoms with Crippen LogP contribution in [-0.4, -0.2) is 47.3 Å². The van der Waals surface area contributed by atoms with E-state index in [1.807, 2.05) is 6.92 Å². The molecular weight excluding hydrogens is 361 g/mol. The van der Waals surface area contributed by atoms with Crippen LogP contribution >= 0.6 is 0 Å². The number of amides is 4. The van der Waals surface area contributed by atoms with Crippen LogP contribution in [0.25, 0.3) is 0 Å². The zero-order valence-electron chi connectivity index (χ0n) is 16.5. The average molecular weight is 389 g/mol. The third kappa shape index (κ3) is 3.88. The molecule has 6 nitrogen and oxygen atoms in total. The number of carbonyl (C=O) groups excluding carboxylic acids is 3. The first-order valence-electron chi connectivity index (χ1n) is 10.1. The largest absolute Gasteiger partial charge is 0.341 e. The van der Waals surface area contributed by atoms with Gasteiger partial charge >= 0.3 is 6.03 Å². The molecule has 1 N–H and O–H groups in total. The number of likely N-dealkylation sites (tertiary alicyclic amines) is 1. The topological polar surface area (TPSA) is 69.7 Å². The highest BCUT2D eigenvalue weighted by molar-refractivity contribution is 6.09. The summed E-state index contributed by atoms with van der Waals surface area (Å²) in [5.41, 5.74) is -0.695. The number of hydrogen-bond acceptors (Lipinski definition) is 3. The molecule has 0 aromatic heterocycles. The van der Waals surface area contributed by atoms with Crippen molar-refractivity contribution in [1.29, 1.82) is 0 Å². The summed E-state index contributed by atoms with van der Waals surface area (Å²) in [6.07, 6.45) is 3.83. The van der Waals surface area contributed by atoms with Crippen molar-refractivity contribution in [2.24, 2.45) is 5.92 Å². The minimum atomic E-state index is -1.24. The summed E-state index contributed by atoms with van der Waals surface area (Å²) in [5, 5.41) is 2.80. The summed E-state index contributed by atoms with van der Waals surface area (Å²) in [6.45, 7) is 5.21. The van der Waals surface area contributed by atoms with Gasteiger partial charge in [-0.3, -0.25) is 14.5 Å². The van der Waals surface area contributed by atoms with Gasteiger partial charge in [0.25, 0.3) is 5.91 Å². The van der Waals surface area contributed by atoms with Crippen molar-refractivity contribution in [3.05, 3.63) is 35.6 Å². The Bertz CT molecular complexity index is 744. The molecule has 1 aromatic rings. The smallest absolute Gasteiger partial charge is 0.325 e. The van der Waals surface area contributed by atoms with Crippen molar-refractivity contribution in [3.63, 3.8) is 0 Å². The van der Waals surface area contributed by atoms with E-state index >= 15 is 0 Å². The first kappa shape index (κ1) is 20.3. The number of urea groups is 1. The van der Waals surface area contributed by atoms with E-state index in [4.69, 9.17) is 0 Å². The first-order valence-corrected chi connectivity index (χ1v) is 10.1. The van der Waals surface area contributed by atoms with Gasteiger partial charge in [0, 0.05) is 13.1 Å². The van der Waals surface area contributed by atoms with Gasteiger partial charge in [-0.05, 0) is 42.9 Å². The van der Waals surface area contributed by atoms with Crippen LogP contribution in [0.15, 0.2) is 24.3 Å². The molecule has 0 spiro atoms. The van der Waals surface area contributed by atoms with Crippen LogP contribution in [0, 0.1) is 11.7 Å². The fourth-order valence-electron chi connectivity index (χ4n) is 3.95. The molecule has 3 rings (SSSR count). The highest BCUT2D eigenvalue weighted by Gasteiger charge is 2.52. The second kappa shape index (κ2) is 8.29. The predicted molar refractivity (Wildman–Crippen MR) is 103 cm³/mol. The van der Waals surface area contributed by atoms with E-state index in [1.165, 1.54) is 24.3 Å². The van der Waals surface area contributed by atoms with Crippen molar-refractivity contribution in [2.75, 3.05) is 19.6 Å². The molecule has 0 aliphatic carbocycles. The van der Waals surface area contributed by atoms with Crippen molar-refractivity contribution in [2.45, 2.75) is 51.5 Å². The Labute approximate surface area is 165 Å². The highest BCUT2D eigenvalue weighted by Crippen LogP contribution is 2.34. The van der Waals surface area contributed by atoms with E-state index in [0.717, 1.165) is 30.6 Å². The lowest BCUT2D eigenvalue weighted by Crippen LogP contribution is -2.47. The quantitative estimate of drug-likeness (QED) is 0.761. The number of rotatable bonds is 6. The monoisotopic (exact) mass is 389 g/mol. The Morgan fingerprint density at radius 2 is 1.86 bits per heavy atom. The number of halogens is 1. The van der Waals surface area contributed by atoms with Gasteiger partial charge in [0.2, 0.25) is 5.91 Å². The third-order valence-corrected chi connectivity index (χ3v) is 5.85. The van der Waals surface area contributed by atoms with Crippen LogP contribution in [0.2, 0.25) is 0 Å². The number of hydrogen-bond donors (Lipinski definition) is 1. The molecule has 2 saturated heterocycles. The molecule has 152 valence electrons. The molecule has 2 aliphatic rings. The molecular formula is C21H28FN3O3. The zero-order chi connectivity index (χ0) is 20.3. The number of carbonyl (C=O) groups is 3. The summed E-state index contributed by atoms with van der Waals surface area (Å²) < 4.78 is 13.4. The molecule has 4 amide bonds. The number of benzene rings is 1. The molecule has 1 unspecified atom stereocenters.